The maximum absolute atomic E-state index is 12.8. The fourth-order valence-electron chi connectivity index (χ4n) is 3.37. The Hall–Kier alpha value is -2.43. The van der Waals surface area contributed by atoms with Gasteiger partial charge in [0, 0.05) is 44.5 Å². The first-order valence-electron chi connectivity index (χ1n) is 9.75. The van der Waals surface area contributed by atoms with E-state index in [1.807, 2.05) is 35.7 Å². The number of thioether (sulfide) groups is 1. The van der Waals surface area contributed by atoms with E-state index >= 15 is 0 Å². The predicted octanol–water partition coefficient (Wildman–Crippen LogP) is 2.19. The van der Waals surface area contributed by atoms with Crippen molar-refractivity contribution in [3.8, 4) is 0 Å². The molecule has 1 aromatic carbocycles. The van der Waals surface area contributed by atoms with Crippen LogP contribution in [0.4, 0.5) is 0 Å². The van der Waals surface area contributed by atoms with E-state index in [2.05, 4.69) is 10.1 Å². The van der Waals surface area contributed by atoms with Gasteiger partial charge < -0.3 is 4.90 Å². The topological polar surface area (TPSA) is 87.9 Å². The fourth-order valence-corrected chi connectivity index (χ4v) is 5.77. The molecule has 0 bridgehead atoms. The number of amides is 1. The highest BCUT2D eigenvalue weighted by atomic mass is 32.2. The average Bonchev–Trinajstić information content (AvgIpc) is 3.31. The van der Waals surface area contributed by atoms with Crippen molar-refractivity contribution in [2.24, 2.45) is 4.99 Å². The van der Waals surface area contributed by atoms with Crippen molar-refractivity contribution < 1.29 is 13.2 Å². The Labute approximate surface area is 180 Å². The molecule has 0 radical (unpaired) electrons. The van der Waals surface area contributed by atoms with Crippen LogP contribution in [0.2, 0.25) is 0 Å². The van der Waals surface area contributed by atoms with Crippen LogP contribution in [0.1, 0.15) is 18.2 Å². The third-order valence-electron chi connectivity index (χ3n) is 5.09. The summed E-state index contributed by atoms with van der Waals surface area (Å²) in [7, 11) is -3.50. The normalized spacial score (nSPS) is 19.5. The van der Waals surface area contributed by atoms with Gasteiger partial charge in [-0.05, 0) is 43.8 Å². The second kappa shape index (κ2) is 8.37. The number of hydrogen-bond acceptors (Lipinski definition) is 6. The van der Waals surface area contributed by atoms with Gasteiger partial charge in [0.2, 0.25) is 10.0 Å². The van der Waals surface area contributed by atoms with Crippen LogP contribution in [0, 0.1) is 6.92 Å². The van der Waals surface area contributed by atoms with Crippen molar-refractivity contribution in [1.82, 2.24) is 19.0 Å². The van der Waals surface area contributed by atoms with Crippen molar-refractivity contribution in [1.29, 1.82) is 0 Å². The van der Waals surface area contributed by atoms with Crippen molar-refractivity contribution in [3.63, 3.8) is 0 Å². The smallest absolute Gasteiger partial charge is 0.286 e. The number of benzene rings is 1. The molecule has 1 saturated heterocycles. The number of rotatable bonds is 4. The second-order valence-corrected chi connectivity index (χ2v) is 9.99. The molecule has 0 unspecified atom stereocenters. The second-order valence-electron chi connectivity index (χ2n) is 7.04. The number of hydrogen-bond donors (Lipinski definition) is 0. The predicted molar refractivity (Wildman–Crippen MR) is 117 cm³/mol. The van der Waals surface area contributed by atoms with E-state index < -0.39 is 10.0 Å². The van der Waals surface area contributed by atoms with Crippen LogP contribution in [0.15, 0.2) is 51.3 Å². The Bertz CT molecular complexity index is 1110. The third kappa shape index (κ3) is 4.07. The lowest BCUT2D eigenvalue weighted by Gasteiger charge is -2.34. The number of sulfonamides is 1. The summed E-state index contributed by atoms with van der Waals surface area (Å²) in [5, 5.41) is 5.03. The van der Waals surface area contributed by atoms with Gasteiger partial charge in [-0.1, -0.05) is 18.2 Å². The van der Waals surface area contributed by atoms with E-state index in [1.165, 1.54) is 16.1 Å². The van der Waals surface area contributed by atoms with E-state index in [1.54, 1.807) is 30.3 Å². The molecule has 4 rings (SSSR count). The summed E-state index contributed by atoms with van der Waals surface area (Å²) >= 11 is 1.33. The van der Waals surface area contributed by atoms with Gasteiger partial charge in [-0.3, -0.25) is 9.48 Å². The molecule has 0 N–H and O–H groups in total. The molecule has 1 fully saturated rings. The van der Waals surface area contributed by atoms with E-state index in [0.717, 1.165) is 17.8 Å². The van der Waals surface area contributed by atoms with Gasteiger partial charge in [-0.2, -0.15) is 14.4 Å². The molecule has 0 atom stereocenters. The summed E-state index contributed by atoms with van der Waals surface area (Å²) in [4.78, 5) is 19.4. The third-order valence-corrected chi connectivity index (χ3v) is 8.05. The van der Waals surface area contributed by atoms with E-state index in [0.29, 0.717) is 41.1 Å². The van der Waals surface area contributed by atoms with Crippen molar-refractivity contribution in [2.45, 2.75) is 25.3 Å². The summed E-state index contributed by atoms with van der Waals surface area (Å²) in [6.07, 6.45) is 3.75. The number of nitrogens with zero attached hydrogens (tertiary/aromatic N) is 5. The van der Waals surface area contributed by atoms with Crippen LogP contribution in [-0.2, 0) is 21.4 Å². The summed E-state index contributed by atoms with van der Waals surface area (Å²) in [6.45, 7) is 6.38. The zero-order valence-electron chi connectivity index (χ0n) is 16.9. The first kappa shape index (κ1) is 20.8. The maximum atomic E-state index is 12.8. The molecule has 0 spiro atoms. The molecule has 0 aliphatic carbocycles. The SMILES string of the molecule is CCn1cc(C=C2SC(N3CCN(S(=O)(=O)c4ccccc4)CC3)=NC2=O)c(C)n1. The molecule has 8 nitrogen and oxygen atoms in total. The molecular weight excluding hydrogens is 422 g/mol. The molecule has 2 aliphatic heterocycles. The molecule has 0 saturated carbocycles. The van der Waals surface area contributed by atoms with Gasteiger partial charge >= 0.3 is 0 Å². The lowest BCUT2D eigenvalue weighted by atomic mass is 10.2. The summed E-state index contributed by atoms with van der Waals surface area (Å²) in [6, 6.07) is 8.45. The van der Waals surface area contributed by atoms with Gasteiger partial charge in [0.15, 0.2) is 5.17 Å². The van der Waals surface area contributed by atoms with Gasteiger partial charge in [-0.25, -0.2) is 8.42 Å². The number of aryl methyl sites for hydroxylation is 2. The largest absolute Gasteiger partial charge is 0.348 e. The van der Waals surface area contributed by atoms with E-state index in [-0.39, 0.29) is 5.91 Å². The quantitative estimate of drug-likeness (QED) is 0.671. The first-order valence-corrected chi connectivity index (χ1v) is 12.0. The maximum Gasteiger partial charge on any atom is 0.286 e. The molecule has 30 heavy (non-hydrogen) atoms. The number of amidine groups is 1. The molecular formula is C20H23N5O3S2. The zero-order chi connectivity index (χ0) is 21.3. The molecule has 10 heteroatoms. The number of carbonyl (C=O) groups is 1. The van der Waals surface area contributed by atoms with Crippen LogP contribution in [0.5, 0.6) is 0 Å². The van der Waals surface area contributed by atoms with Crippen LogP contribution in [0.3, 0.4) is 0 Å². The van der Waals surface area contributed by atoms with Crippen molar-refractivity contribution >= 4 is 38.9 Å². The average molecular weight is 446 g/mol. The van der Waals surface area contributed by atoms with Gasteiger partial charge in [0.25, 0.3) is 5.91 Å². The Kier molecular flexibility index (Phi) is 5.81. The lowest BCUT2D eigenvalue weighted by Crippen LogP contribution is -2.49. The van der Waals surface area contributed by atoms with Crippen molar-refractivity contribution in [3.05, 3.63) is 52.7 Å². The fraction of sp³-hybridized carbons (Fsp3) is 0.350. The molecule has 2 aromatic rings. The Morgan fingerprint density at radius 3 is 2.47 bits per heavy atom. The van der Waals surface area contributed by atoms with E-state index in [4.69, 9.17) is 0 Å². The number of aromatic nitrogens is 2. The Balaban J connectivity index is 1.42. The number of piperazine rings is 1. The summed E-state index contributed by atoms with van der Waals surface area (Å²) < 4.78 is 28.9. The molecule has 1 aromatic heterocycles. The Morgan fingerprint density at radius 2 is 1.83 bits per heavy atom. The van der Waals surface area contributed by atoms with Crippen LogP contribution < -0.4 is 0 Å². The highest BCUT2D eigenvalue weighted by Gasteiger charge is 2.32. The zero-order valence-corrected chi connectivity index (χ0v) is 18.5. The van der Waals surface area contributed by atoms with E-state index in [9.17, 15) is 13.2 Å². The standard InChI is InChI=1S/C20H23N5O3S2/c1-3-24-14-16(15(2)22-24)13-18-19(26)21-20(29-18)23-9-11-25(12-10-23)30(27,28)17-7-5-4-6-8-17/h4-8,13-14H,3,9-12H2,1-2H3. The highest BCUT2D eigenvalue weighted by Crippen LogP contribution is 2.31. The summed E-state index contributed by atoms with van der Waals surface area (Å²) in [5.74, 6) is -0.266. The summed E-state index contributed by atoms with van der Waals surface area (Å²) in [5.41, 5.74) is 1.77. The molecule has 2 aliphatic rings. The van der Waals surface area contributed by atoms with Gasteiger partial charge in [0.05, 0.1) is 15.5 Å². The lowest BCUT2D eigenvalue weighted by molar-refractivity contribution is -0.113. The van der Waals surface area contributed by atoms with Gasteiger partial charge in [-0.15, -0.1) is 0 Å². The van der Waals surface area contributed by atoms with Gasteiger partial charge in [0.1, 0.15) is 0 Å². The minimum atomic E-state index is -3.50. The minimum Gasteiger partial charge on any atom is -0.348 e. The van der Waals surface area contributed by atoms with Crippen molar-refractivity contribution in [2.75, 3.05) is 26.2 Å². The Morgan fingerprint density at radius 1 is 1.13 bits per heavy atom. The number of aliphatic imine (C=N–C) groups is 1. The van der Waals surface area contributed by atoms with Crippen LogP contribution >= 0.6 is 11.8 Å². The number of carbonyl (C=O) groups excluding carboxylic acids is 1. The van der Waals surface area contributed by atoms with Crippen LogP contribution in [0.25, 0.3) is 6.08 Å². The first-order chi connectivity index (χ1) is 14.4. The highest BCUT2D eigenvalue weighted by molar-refractivity contribution is 8.18. The molecule has 3 heterocycles. The molecule has 1 amide bonds. The molecule has 158 valence electrons. The monoisotopic (exact) mass is 445 g/mol. The minimum absolute atomic E-state index is 0.266. The van der Waals surface area contributed by atoms with Crippen LogP contribution in [-0.4, -0.2) is 64.7 Å².